The topological polar surface area (TPSA) is 100 Å². The zero-order chi connectivity index (χ0) is 21.9. The molecule has 0 saturated heterocycles. The number of rotatable bonds is 2. The van der Waals surface area contributed by atoms with Crippen molar-refractivity contribution in [1.82, 2.24) is 9.97 Å². The van der Waals surface area contributed by atoms with Crippen LogP contribution in [0.1, 0.15) is 11.1 Å². The van der Waals surface area contributed by atoms with E-state index in [1.54, 1.807) is 0 Å². The van der Waals surface area contributed by atoms with Gasteiger partial charge in [-0.15, -0.1) is 0 Å². The SMILES string of the molecule is Cc1ccc2ncccc2c1.Cc1ccc2ncccc2c1.O=C(O)/C=C/C(=O)O. The Morgan fingerprint density at radius 2 is 1.10 bits per heavy atom. The first-order valence-electron chi connectivity index (χ1n) is 9.12. The van der Waals surface area contributed by atoms with Crippen molar-refractivity contribution in [3.63, 3.8) is 0 Å². The van der Waals surface area contributed by atoms with E-state index < -0.39 is 11.9 Å². The van der Waals surface area contributed by atoms with E-state index in [2.05, 4.69) is 60.2 Å². The molecule has 0 aliphatic heterocycles. The van der Waals surface area contributed by atoms with Crippen molar-refractivity contribution in [2.75, 3.05) is 0 Å². The third-order valence-corrected chi connectivity index (χ3v) is 3.89. The van der Waals surface area contributed by atoms with E-state index in [0.29, 0.717) is 12.2 Å². The number of pyridine rings is 2. The standard InChI is InChI=1S/2C10H9N.C4H4O4/c2*1-8-4-5-10-9(7-8)3-2-6-11-10;5-3(6)1-2-4(7)8/h2*2-7H,1H3;1-2H,(H,5,6)(H,7,8)/b;;2-1+. The molecule has 2 aromatic heterocycles. The van der Waals surface area contributed by atoms with Crippen LogP contribution in [0.4, 0.5) is 0 Å². The highest BCUT2D eigenvalue weighted by Crippen LogP contribution is 2.12. The second-order valence-corrected chi connectivity index (χ2v) is 6.41. The van der Waals surface area contributed by atoms with Gasteiger partial charge in [0, 0.05) is 35.3 Å². The minimum absolute atomic E-state index is 0.558. The molecule has 0 radical (unpaired) electrons. The smallest absolute Gasteiger partial charge is 0.328 e. The Bertz CT molecular complexity index is 1090. The molecule has 0 fully saturated rings. The molecule has 4 aromatic rings. The summed E-state index contributed by atoms with van der Waals surface area (Å²) in [6.07, 6.45) is 4.75. The summed E-state index contributed by atoms with van der Waals surface area (Å²) in [5, 5.41) is 18.1. The first kappa shape index (κ1) is 22.2. The number of benzene rings is 2. The molecule has 0 unspecified atom stereocenters. The highest BCUT2D eigenvalue weighted by molar-refractivity contribution is 5.89. The van der Waals surface area contributed by atoms with Crippen molar-refractivity contribution >= 4 is 33.7 Å². The van der Waals surface area contributed by atoms with Gasteiger partial charge in [-0.1, -0.05) is 35.4 Å². The summed E-state index contributed by atoms with van der Waals surface area (Å²) in [6, 6.07) is 20.6. The monoisotopic (exact) mass is 402 g/mol. The van der Waals surface area contributed by atoms with E-state index in [0.717, 1.165) is 11.0 Å². The molecule has 0 atom stereocenters. The highest BCUT2D eigenvalue weighted by atomic mass is 16.4. The lowest BCUT2D eigenvalue weighted by Gasteiger charge is -1.95. The Kier molecular flexibility index (Phi) is 8.20. The molecule has 2 heterocycles. The second kappa shape index (κ2) is 11.1. The van der Waals surface area contributed by atoms with Crippen LogP contribution in [-0.4, -0.2) is 32.1 Å². The number of carboxylic acid groups (broad SMARTS) is 2. The molecule has 4 rings (SSSR count). The van der Waals surface area contributed by atoms with Gasteiger partial charge < -0.3 is 10.2 Å². The molecule has 6 heteroatoms. The fraction of sp³-hybridized carbons (Fsp3) is 0.0833. The van der Waals surface area contributed by atoms with Gasteiger partial charge in [0.15, 0.2) is 0 Å². The lowest BCUT2D eigenvalue weighted by atomic mass is 10.1. The molecule has 152 valence electrons. The predicted molar refractivity (Wildman–Crippen MR) is 117 cm³/mol. The molecule has 0 bridgehead atoms. The highest BCUT2D eigenvalue weighted by Gasteiger charge is 1.92. The van der Waals surface area contributed by atoms with Crippen molar-refractivity contribution in [3.05, 3.63) is 96.3 Å². The van der Waals surface area contributed by atoms with Gasteiger partial charge in [-0.3, -0.25) is 9.97 Å². The van der Waals surface area contributed by atoms with Gasteiger partial charge in [-0.05, 0) is 50.2 Å². The normalized spacial score (nSPS) is 10.1. The van der Waals surface area contributed by atoms with Gasteiger partial charge in [-0.2, -0.15) is 0 Å². The van der Waals surface area contributed by atoms with Crippen LogP contribution in [0.25, 0.3) is 21.8 Å². The summed E-state index contributed by atoms with van der Waals surface area (Å²) in [6.45, 7) is 4.18. The Morgan fingerprint density at radius 3 is 1.47 bits per heavy atom. The number of aromatic nitrogens is 2. The molecule has 0 saturated carbocycles. The number of fused-ring (bicyclic) bond motifs is 2. The lowest BCUT2D eigenvalue weighted by Crippen LogP contribution is -1.91. The van der Waals surface area contributed by atoms with Crippen LogP contribution >= 0.6 is 0 Å². The number of hydrogen-bond acceptors (Lipinski definition) is 4. The molecule has 0 amide bonds. The van der Waals surface area contributed by atoms with E-state index in [4.69, 9.17) is 10.2 Å². The van der Waals surface area contributed by atoms with E-state index >= 15 is 0 Å². The fourth-order valence-corrected chi connectivity index (χ4v) is 2.53. The van der Waals surface area contributed by atoms with Gasteiger partial charge in [0.05, 0.1) is 11.0 Å². The first-order valence-corrected chi connectivity index (χ1v) is 9.12. The van der Waals surface area contributed by atoms with Crippen molar-refractivity contribution in [3.8, 4) is 0 Å². The van der Waals surface area contributed by atoms with Crippen LogP contribution in [0.5, 0.6) is 0 Å². The van der Waals surface area contributed by atoms with Crippen molar-refractivity contribution in [1.29, 1.82) is 0 Å². The first-order chi connectivity index (χ1) is 14.3. The number of nitrogens with zero attached hydrogens (tertiary/aromatic N) is 2. The van der Waals surface area contributed by atoms with Gasteiger partial charge in [0.25, 0.3) is 0 Å². The number of aryl methyl sites for hydroxylation is 2. The van der Waals surface area contributed by atoms with Gasteiger partial charge in [0.1, 0.15) is 0 Å². The van der Waals surface area contributed by atoms with Crippen molar-refractivity contribution < 1.29 is 19.8 Å². The van der Waals surface area contributed by atoms with Crippen LogP contribution < -0.4 is 0 Å². The molecule has 0 aliphatic rings. The van der Waals surface area contributed by atoms with Gasteiger partial charge >= 0.3 is 11.9 Å². The Labute approximate surface area is 174 Å². The van der Waals surface area contributed by atoms with Crippen molar-refractivity contribution in [2.24, 2.45) is 0 Å². The maximum absolute atomic E-state index is 9.55. The summed E-state index contributed by atoms with van der Waals surface area (Å²) >= 11 is 0. The summed E-state index contributed by atoms with van der Waals surface area (Å²) in [5.41, 5.74) is 4.70. The zero-order valence-corrected chi connectivity index (χ0v) is 16.7. The molecule has 0 spiro atoms. The molecular weight excluding hydrogens is 380 g/mol. The van der Waals surface area contributed by atoms with Crippen LogP contribution in [0.2, 0.25) is 0 Å². The molecule has 2 aromatic carbocycles. The molecule has 0 aliphatic carbocycles. The van der Waals surface area contributed by atoms with Gasteiger partial charge in [0.2, 0.25) is 0 Å². The maximum atomic E-state index is 9.55. The second-order valence-electron chi connectivity index (χ2n) is 6.41. The fourth-order valence-electron chi connectivity index (χ4n) is 2.53. The van der Waals surface area contributed by atoms with Crippen LogP contribution in [-0.2, 0) is 9.59 Å². The van der Waals surface area contributed by atoms with E-state index in [1.807, 2.05) is 36.7 Å². The summed E-state index contributed by atoms with van der Waals surface area (Å²) in [7, 11) is 0. The van der Waals surface area contributed by atoms with E-state index in [-0.39, 0.29) is 0 Å². The average molecular weight is 402 g/mol. The van der Waals surface area contributed by atoms with Crippen LogP contribution in [0.15, 0.2) is 85.2 Å². The number of hydrogen-bond donors (Lipinski definition) is 2. The van der Waals surface area contributed by atoms with Crippen LogP contribution in [0, 0.1) is 13.8 Å². The Morgan fingerprint density at radius 1 is 0.700 bits per heavy atom. The zero-order valence-electron chi connectivity index (χ0n) is 16.7. The van der Waals surface area contributed by atoms with Gasteiger partial charge in [-0.25, -0.2) is 9.59 Å². The number of carbonyl (C=O) groups is 2. The van der Waals surface area contributed by atoms with Crippen molar-refractivity contribution in [2.45, 2.75) is 13.8 Å². The van der Waals surface area contributed by atoms with Crippen LogP contribution in [0.3, 0.4) is 0 Å². The number of aliphatic carboxylic acids is 2. The quantitative estimate of drug-likeness (QED) is 0.467. The molecule has 6 nitrogen and oxygen atoms in total. The lowest BCUT2D eigenvalue weighted by molar-refractivity contribution is -0.134. The van der Waals surface area contributed by atoms with E-state index in [1.165, 1.54) is 21.9 Å². The van der Waals surface area contributed by atoms with E-state index in [9.17, 15) is 9.59 Å². The third-order valence-electron chi connectivity index (χ3n) is 3.89. The largest absolute Gasteiger partial charge is 0.478 e. The summed E-state index contributed by atoms with van der Waals surface area (Å²) in [5.74, 6) is -2.51. The Hall–Kier alpha value is -4.06. The Balaban J connectivity index is 0.000000163. The minimum atomic E-state index is -1.26. The molecule has 30 heavy (non-hydrogen) atoms. The third kappa shape index (κ3) is 7.52. The summed E-state index contributed by atoms with van der Waals surface area (Å²) in [4.78, 5) is 27.6. The summed E-state index contributed by atoms with van der Waals surface area (Å²) < 4.78 is 0. The molecular formula is C24H22N2O4. The predicted octanol–water partition coefficient (Wildman–Crippen LogP) is 4.80. The minimum Gasteiger partial charge on any atom is -0.478 e. The maximum Gasteiger partial charge on any atom is 0.328 e. The average Bonchev–Trinajstić information content (AvgIpc) is 2.73. The number of carboxylic acids is 2. The molecule has 2 N–H and O–H groups in total.